The summed E-state index contributed by atoms with van der Waals surface area (Å²) in [4.78, 5) is 14.3. The van der Waals surface area contributed by atoms with Crippen molar-refractivity contribution in [1.29, 1.82) is 0 Å². The van der Waals surface area contributed by atoms with Gasteiger partial charge in [0.25, 0.3) is 0 Å². The topological polar surface area (TPSA) is 76.2 Å². The monoisotopic (exact) mass is 166 g/mol. The number of nitrogens with zero attached hydrogens (tertiary/aromatic N) is 1. The first-order valence-electron chi connectivity index (χ1n) is 3.57. The van der Waals surface area contributed by atoms with E-state index in [9.17, 15) is 4.79 Å². The minimum absolute atomic E-state index is 0.0322. The van der Waals surface area contributed by atoms with Crippen LogP contribution in [0.1, 0.15) is 29.1 Å². The lowest BCUT2D eigenvalue weighted by molar-refractivity contribution is 0.0690. The van der Waals surface area contributed by atoms with Crippen molar-refractivity contribution < 1.29 is 9.90 Å². The molecule has 0 aromatic carbocycles. The van der Waals surface area contributed by atoms with Crippen LogP contribution in [0, 0.1) is 0 Å². The third kappa shape index (κ3) is 1.79. The van der Waals surface area contributed by atoms with Gasteiger partial charge in [0.15, 0.2) is 0 Å². The van der Waals surface area contributed by atoms with E-state index in [1.807, 2.05) is 0 Å². The summed E-state index contributed by atoms with van der Waals surface area (Å²) in [7, 11) is 0. The van der Waals surface area contributed by atoms with Crippen molar-refractivity contribution in [3.8, 4) is 0 Å². The molecular formula is C8H10N2O2. The number of hydrogen-bond donors (Lipinski definition) is 2. The highest BCUT2D eigenvalue weighted by molar-refractivity contribution is 5.85. The number of aromatic carboxylic acids is 1. The van der Waals surface area contributed by atoms with Crippen molar-refractivity contribution in [1.82, 2.24) is 4.98 Å². The summed E-state index contributed by atoms with van der Waals surface area (Å²) in [5.41, 5.74) is 6.15. The van der Waals surface area contributed by atoms with Crippen molar-refractivity contribution in [2.45, 2.75) is 13.0 Å². The fourth-order valence-corrected chi connectivity index (χ4v) is 0.824. The molecule has 0 saturated heterocycles. The number of carboxylic acid groups (broad SMARTS) is 1. The second kappa shape index (κ2) is 3.32. The quantitative estimate of drug-likeness (QED) is 0.681. The van der Waals surface area contributed by atoms with Gasteiger partial charge in [-0.1, -0.05) is 6.07 Å². The number of pyridine rings is 1. The summed E-state index contributed by atoms with van der Waals surface area (Å²) < 4.78 is 0. The minimum Gasteiger partial charge on any atom is -0.477 e. The lowest BCUT2D eigenvalue weighted by Gasteiger charge is -2.03. The van der Waals surface area contributed by atoms with Crippen LogP contribution in [0.4, 0.5) is 0 Å². The molecule has 0 amide bonds. The zero-order chi connectivity index (χ0) is 9.14. The Morgan fingerprint density at radius 2 is 2.33 bits per heavy atom. The molecule has 0 bridgehead atoms. The highest BCUT2D eigenvalue weighted by Gasteiger charge is 2.06. The van der Waals surface area contributed by atoms with E-state index < -0.39 is 5.97 Å². The van der Waals surface area contributed by atoms with Gasteiger partial charge in [-0.05, 0) is 19.1 Å². The molecule has 4 nitrogen and oxygen atoms in total. The summed E-state index contributed by atoms with van der Waals surface area (Å²) in [6, 6.07) is 4.55. The number of aromatic nitrogens is 1. The van der Waals surface area contributed by atoms with Gasteiger partial charge in [0, 0.05) is 6.04 Å². The van der Waals surface area contributed by atoms with Gasteiger partial charge in [0.2, 0.25) is 0 Å². The molecule has 0 unspecified atom stereocenters. The summed E-state index contributed by atoms with van der Waals surface area (Å²) in [5.74, 6) is -1.03. The Morgan fingerprint density at radius 1 is 1.67 bits per heavy atom. The van der Waals surface area contributed by atoms with Crippen LogP contribution in [0.25, 0.3) is 0 Å². The molecule has 0 fully saturated rings. The first-order chi connectivity index (χ1) is 5.61. The van der Waals surface area contributed by atoms with E-state index in [1.54, 1.807) is 19.1 Å². The molecule has 3 N–H and O–H groups in total. The largest absolute Gasteiger partial charge is 0.477 e. The van der Waals surface area contributed by atoms with Crippen LogP contribution in [0.5, 0.6) is 0 Å². The van der Waals surface area contributed by atoms with Crippen molar-refractivity contribution in [3.05, 3.63) is 29.6 Å². The molecule has 4 heteroatoms. The van der Waals surface area contributed by atoms with Gasteiger partial charge in [0.05, 0.1) is 5.69 Å². The van der Waals surface area contributed by atoms with Gasteiger partial charge in [-0.2, -0.15) is 0 Å². The Balaban J connectivity index is 3.04. The molecule has 0 aliphatic rings. The molecule has 1 aromatic heterocycles. The Morgan fingerprint density at radius 3 is 2.83 bits per heavy atom. The average molecular weight is 166 g/mol. The number of hydrogen-bond acceptors (Lipinski definition) is 3. The molecule has 12 heavy (non-hydrogen) atoms. The third-order valence-electron chi connectivity index (χ3n) is 1.46. The molecule has 0 aliphatic carbocycles. The van der Waals surface area contributed by atoms with Crippen LogP contribution in [0.15, 0.2) is 18.2 Å². The summed E-state index contributed by atoms with van der Waals surface area (Å²) in [6.07, 6.45) is 0. The second-order valence-corrected chi connectivity index (χ2v) is 2.54. The molecule has 1 aromatic rings. The SMILES string of the molecule is C[C@@H](N)c1cccc(C(=O)O)n1. The van der Waals surface area contributed by atoms with Crippen LogP contribution >= 0.6 is 0 Å². The lowest BCUT2D eigenvalue weighted by atomic mass is 10.2. The van der Waals surface area contributed by atoms with E-state index in [2.05, 4.69) is 4.98 Å². The van der Waals surface area contributed by atoms with E-state index in [0.29, 0.717) is 5.69 Å². The fraction of sp³-hybridized carbons (Fsp3) is 0.250. The van der Waals surface area contributed by atoms with Crippen molar-refractivity contribution in [3.63, 3.8) is 0 Å². The molecule has 0 saturated carbocycles. The fourth-order valence-electron chi connectivity index (χ4n) is 0.824. The second-order valence-electron chi connectivity index (χ2n) is 2.54. The first kappa shape index (κ1) is 8.67. The third-order valence-corrected chi connectivity index (χ3v) is 1.46. The predicted molar refractivity (Wildman–Crippen MR) is 43.8 cm³/mol. The zero-order valence-electron chi connectivity index (χ0n) is 6.69. The minimum atomic E-state index is -1.03. The van der Waals surface area contributed by atoms with Crippen LogP contribution < -0.4 is 5.73 Å². The van der Waals surface area contributed by atoms with Gasteiger partial charge in [0.1, 0.15) is 5.69 Å². The Bertz CT molecular complexity index is 297. The van der Waals surface area contributed by atoms with Gasteiger partial charge >= 0.3 is 5.97 Å². The molecule has 1 rings (SSSR count). The van der Waals surface area contributed by atoms with Crippen molar-refractivity contribution in [2.24, 2.45) is 5.73 Å². The Labute approximate surface area is 70.0 Å². The van der Waals surface area contributed by atoms with Crippen LogP contribution in [-0.4, -0.2) is 16.1 Å². The lowest BCUT2D eigenvalue weighted by Crippen LogP contribution is -2.10. The highest BCUT2D eigenvalue weighted by Crippen LogP contribution is 2.06. The van der Waals surface area contributed by atoms with Crippen molar-refractivity contribution >= 4 is 5.97 Å². The van der Waals surface area contributed by atoms with Gasteiger partial charge in [-0.15, -0.1) is 0 Å². The van der Waals surface area contributed by atoms with E-state index >= 15 is 0 Å². The molecule has 0 spiro atoms. The molecule has 0 radical (unpaired) electrons. The molecule has 1 atom stereocenters. The average Bonchev–Trinajstić information content (AvgIpc) is 2.04. The van der Waals surface area contributed by atoms with E-state index in [1.165, 1.54) is 6.07 Å². The van der Waals surface area contributed by atoms with E-state index in [-0.39, 0.29) is 11.7 Å². The van der Waals surface area contributed by atoms with Gasteiger partial charge < -0.3 is 10.8 Å². The number of carbonyl (C=O) groups is 1. The van der Waals surface area contributed by atoms with Crippen LogP contribution in [0.3, 0.4) is 0 Å². The smallest absolute Gasteiger partial charge is 0.354 e. The number of nitrogens with two attached hydrogens (primary N) is 1. The first-order valence-corrected chi connectivity index (χ1v) is 3.57. The summed E-state index contributed by atoms with van der Waals surface area (Å²) >= 11 is 0. The van der Waals surface area contributed by atoms with Crippen molar-refractivity contribution in [2.75, 3.05) is 0 Å². The highest BCUT2D eigenvalue weighted by atomic mass is 16.4. The van der Waals surface area contributed by atoms with E-state index in [4.69, 9.17) is 10.8 Å². The molecular weight excluding hydrogens is 156 g/mol. The van der Waals surface area contributed by atoms with E-state index in [0.717, 1.165) is 0 Å². The number of rotatable bonds is 2. The number of carboxylic acids is 1. The standard InChI is InChI=1S/C8H10N2O2/c1-5(9)6-3-2-4-7(10-6)8(11)12/h2-5H,9H2,1H3,(H,11,12)/t5-/m1/s1. The maximum atomic E-state index is 10.5. The molecule has 64 valence electrons. The van der Waals surface area contributed by atoms with Crippen LogP contribution in [-0.2, 0) is 0 Å². The summed E-state index contributed by atoms with van der Waals surface area (Å²) in [6.45, 7) is 1.76. The molecule has 0 aliphatic heterocycles. The zero-order valence-corrected chi connectivity index (χ0v) is 6.69. The Kier molecular flexibility index (Phi) is 2.40. The van der Waals surface area contributed by atoms with Gasteiger partial charge in [-0.3, -0.25) is 0 Å². The maximum Gasteiger partial charge on any atom is 0.354 e. The molecule has 1 heterocycles. The predicted octanol–water partition coefficient (Wildman–Crippen LogP) is 0.800. The normalized spacial score (nSPS) is 12.5. The summed E-state index contributed by atoms with van der Waals surface area (Å²) in [5, 5.41) is 8.59. The Hall–Kier alpha value is -1.42. The van der Waals surface area contributed by atoms with Gasteiger partial charge in [-0.25, -0.2) is 9.78 Å². The van der Waals surface area contributed by atoms with Crippen LogP contribution in [0.2, 0.25) is 0 Å². The maximum absolute atomic E-state index is 10.5.